The van der Waals surface area contributed by atoms with E-state index in [-0.39, 0.29) is 36.1 Å². The molecule has 1 amide bonds. The highest BCUT2D eigenvalue weighted by molar-refractivity contribution is 5.92. The number of rotatable bonds is 5. The van der Waals surface area contributed by atoms with Crippen molar-refractivity contribution in [1.29, 1.82) is 0 Å². The van der Waals surface area contributed by atoms with Crippen LogP contribution in [0.3, 0.4) is 0 Å². The van der Waals surface area contributed by atoms with Gasteiger partial charge in [-0.1, -0.05) is 40.6 Å². The average molecular weight is 340 g/mol. The molecule has 1 aromatic carbocycles. The minimum Gasteiger partial charge on any atom is -0.387 e. The molecular weight excluding hydrogens is 324 g/mol. The van der Waals surface area contributed by atoms with Gasteiger partial charge in [0.1, 0.15) is 12.3 Å². The predicted octanol–water partition coefficient (Wildman–Crippen LogP) is 1.89. The fraction of sp³-hybridized carbons (Fsp3) is 0.294. The van der Waals surface area contributed by atoms with Crippen LogP contribution < -0.4 is 5.32 Å². The number of amides is 1. The highest BCUT2D eigenvalue weighted by Gasteiger charge is 2.35. The molecule has 0 spiro atoms. The van der Waals surface area contributed by atoms with Crippen molar-refractivity contribution in [2.45, 2.75) is 31.4 Å². The molecule has 4 rings (SSSR count). The third-order valence-corrected chi connectivity index (χ3v) is 4.26. The van der Waals surface area contributed by atoms with Crippen molar-refractivity contribution in [3.05, 3.63) is 53.9 Å². The van der Waals surface area contributed by atoms with Crippen LogP contribution in [0.4, 0.5) is 0 Å². The summed E-state index contributed by atoms with van der Waals surface area (Å²) >= 11 is 0. The van der Waals surface area contributed by atoms with Gasteiger partial charge in [-0.25, -0.2) is 0 Å². The number of nitrogens with one attached hydrogen (secondary N) is 1. The molecule has 1 aliphatic rings. The molecule has 0 atom stereocenters. The zero-order valence-corrected chi connectivity index (χ0v) is 13.3. The van der Waals surface area contributed by atoms with Gasteiger partial charge in [-0.15, -0.1) is 0 Å². The fourth-order valence-corrected chi connectivity index (χ4v) is 2.83. The van der Waals surface area contributed by atoms with E-state index in [0.29, 0.717) is 11.5 Å². The molecular formula is C17H16N4O4. The average Bonchev–Trinajstić information content (AvgIpc) is 3.27. The zero-order valence-electron chi connectivity index (χ0n) is 13.3. The van der Waals surface area contributed by atoms with Crippen LogP contribution in [0.1, 0.15) is 41.0 Å². The van der Waals surface area contributed by atoms with Crippen molar-refractivity contribution in [3.63, 3.8) is 0 Å². The molecule has 25 heavy (non-hydrogen) atoms. The van der Waals surface area contributed by atoms with Crippen molar-refractivity contribution >= 4 is 5.91 Å². The SMILES string of the molecule is O=C(NC1CC(c2noc(CO)n2)C1)c1cc(-c2ccccc2)no1. The van der Waals surface area contributed by atoms with Gasteiger partial charge in [0.25, 0.3) is 11.8 Å². The lowest BCUT2D eigenvalue weighted by Crippen LogP contribution is -2.43. The highest BCUT2D eigenvalue weighted by atomic mass is 16.5. The summed E-state index contributed by atoms with van der Waals surface area (Å²) in [6.07, 6.45) is 1.44. The number of nitrogens with zero attached hydrogens (tertiary/aromatic N) is 3. The highest BCUT2D eigenvalue weighted by Crippen LogP contribution is 2.35. The number of carbonyl (C=O) groups is 1. The molecule has 0 unspecified atom stereocenters. The predicted molar refractivity (Wildman–Crippen MR) is 85.4 cm³/mol. The largest absolute Gasteiger partial charge is 0.387 e. The lowest BCUT2D eigenvalue weighted by atomic mass is 9.79. The Bertz CT molecular complexity index is 868. The fourth-order valence-electron chi connectivity index (χ4n) is 2.83. The van der Waals surface area contributed by atoms with Crippen LogP contribution in [0, 0.1) is 0 Å². The van der Waals surface area contributed by atoms with Crippen molar-refractivity contribution < 1.29 is 18.9 Å². The van der Waals surface area contributed by atoms with E-state index in [2.05, 4.69) is 20.6 Å². The Labute approximate surface area is 142 Å². The van der Waals surface area contributed by atoms with Gasteiger partial charge in [0, 0.05) is 23.6 Å². The number of hydrogen-bond donors (Lipinski definition) is 2. The monoisotopic (exact) mass is 340 g/mol. The Morgan fingerprint density at radius 2 is 2.00 bits per heavy atom. The van der Waals surface area contributed by atoms with Crippen LogP contribution in [0.5, 0.6) is 0 Å². The minimum absolute atomic E-state index is 0.0267. The van der Waals surface area contributed by atoms with Crippen molar-refractivity contribution in [2.24, 2.45) is 0 Å². The van der Waals surface area contributed by atoms with Crippen LogP contribution >= 0.6 is 0 Å². The van der Waals surface area contributed by atoms with Gasteiger partial charge in [0.2, 0.25) is 5.76 Å². The van der Waals surface area contributed by atoms with Crippen LogP contribution in [0.2, 0.25) is 0 Å². The molecule has 2 heterocycles. The zero-order chi connectivity index (χ0) is 17.2. The number of aliphatic hydroxyl groups is 1. The van der Waals surface area contributed by atoms with E-state index in [0.717, 1.165) is 18.4 Å². The van der Waals surface area contributed by atoms with Gasteiger partial charge in [-0.05, 0) is 12.8 Å². The number of hydrogen-bond acceptors (Lipinski definition) is 7. The molecule has 0 radical (unpaired) electrons. The van der Waals surface area contributed by atoms with E-state index in [1.165, 1.54) is 0 Å². The maximum Gasteiger partial charge on any atom is 0.290 e. The summed E-state index contributed by atoms with van der Waals surface area (Å²) in [6.45, 7) is -0.269. The summed E-state index contributed by atoms with van der Waals surface area (Å²) < 4.78 is 10.0. The third kappa shape index (κ3) is 3.16. The molecule has 2 aromatic heterocycles. The first kappa shape index (κ1) is 15.5. The molecule has 1 saturated carbocycles. The van der Waals surface area contributed by atoms with Crippen molar-refractivity contribution in [3.8, 4) is 11.3 Å². The first-order chi connectivity index (χ1) is 12.2. The second-order valence-corrected chi connectivity index (χ2v) is 5.99. The smallest absolute Gasteiger partial charge is 0.290 e. The maximum atomic E-state index is 12.3. The van der Waals surface area contributed by atoms with Gasteiger partial charge >= 0.3 is 0 Å². The molecule has 0 saturated heterocycles. The first-order valence-electron chi connectivity index (χ1n) is 7.99. The van der Waals surface area contributed by atoms with Crippen LogP contribution in [-0.2, 0) is 6.61 Å². The summed E-state index contributed by atoms with van der Waals surface area (Å²) in [5.41, 5.74) is 1.52. The normalized spacial score (nSPS) is 19.4. The van der Waals surface area contributed by atoms with E-state index in [1.807, 2.05) is 30.3 Å². The molecule has 128 valence electrons. The summed E-state index contributed by atoms with van der Waals surface area (Å²) in [7, 11) is 0. The van der Waals surface area contributed by atoms with Gasteiger partial charge in [0.05, 0.1) is 0 Å². The second kappa shape index (κ2) is 6.48. The lowest BCUT2D eigenvalue weighted by Gasteiger charge is -2.33. The Morgan fingerprint density at radius 3 is 2.72 bits per heavy atom. The first-order valence-corrected chi connectivity index (χ1v) is 7.99. The Hall–Kier alpha value is -3.00. The summed E-state index contributed by atoms with van der Waals surface area (Å²) in [4.78, 5) is 16.3. The molecule has 1 fully saturated rings. The summed E-state index contributed by atoms with van der Waals surface area (Å²) in [5, 5.41) is 19.6. The lowest BCUT2D eigenvalue weighted by molar-refractivity contribution is 0.0869. The van der Waals surface area contributed by atoms with E-state index in [4.69, 9.17) is 14.2 Å². The molecule has 8 nitrogen and oxygen atoms in total. The molecule has 0 bridgehead atoms. The molecule has 1 aliphatic carbocycles. The minimum atomic E-state index is -0.290. The maximum absolute atomic E-state index is 12.3. The van der Waals surface area contributed by atoms with Crippen LogP contribution in [-0.4, -0.2) is 32.4 Å². The number of benzene rings is 1. The van der Waals surface area contributed by atoms with E-state index >= 15 is 0 Å². The summed E-state index contributed by atoms with van der Waals surface area (Å²) in [5.74, 6) is 0.800. The van der Waals surface area contributed by atoms with E-state index in [1.54, 1.807) is 6.07 Å². The standard InChI is InChI=1S/C17H16N4O4/c22-9-15-19-16(21-25-15)11-6-12(7-11)18-17(23)14-8-13(20-24-14)10-4-2-1-3-5-10/h1-5,8,11-12,22H,6-7,9H2,(H,18,23). The Morgan fingerprint density at radius 1 is 1.20 bits per heavy atom. The quantitative estimate of drug-likeness (QED) is 0.729. The van der Waals surface area contributed by atoms with Crippen LogP contribution in [0.15, 0.2) is 45.4 Å². The van der Waals surface area contributed by atoms with Gasteiger partial charge in [-0.3, -0.25) is 4.79 Å². The molecule has 8 heteroatoms. The van der Waals surface area contributed by atoms with Gasteiger partial charge in [-0.2, -0.15) is 4.98 Å². The van der Waals surface area contributed by atoms with Crippen molar-refractivity contribution in [1.82, 2.24) is 20.6 Å². The van der Waals surface area contributed by atoms with E-state index < -0.39 is 0 Å². The van der Waals surface area contributed by atoms with E-state index in [9.17, 15) is 4.79 Å². The second-order valence-electron chi connectivity index (χ2n) is 5.99. The van der Waals surface area contributed by atoms with Gasteiger partial charge < -0.3 is 19.5 Å². The molecule has 0 aliphatic heterocycles. The van der Waals surface area contributed by atoms with Crippen molar-refractivity contribution in [2.75, 3.05) is 0 Å². The topological polar surface area (TPSA) is 114 Å². The summed E-state index contributed by atoms with van der Waals surface area (Å²) in [6, 6.07) is 11.2. The number of carbonyl (C=O) groups excluding carboxylic acids is 1. The Balaban J connectivity index is 1.34. The van der Waals surface area contributed by atoms with Crippen LogP contribution in [0.25, 0.3) is 11.3 Å². The third-order valence-electron chi connectivity index (χ3n) is 4.26. The number of aliphatic hydroxyl groups excluding tert-OH is 1. The molecule has 2 N–H and O–H groups in total. The number of aromatic nitrogens is 3. The molecule has 3 aromatic rings. The Kier molecular flexibility index (Phi) is 4.02. The van der Waals surface area contributed by atoms with Gasteiger partial charge in [0.15, 0.2) is 5.82 Å².